The van der Waals surface area contributed by atoms with Gasteiger partial charge in [0, 0.05) is 0 Å². The number of fused-ring (bicyclic) bond motifs is 2. The Labute approximate surface area is 210 Å². The number of allylic oxidation sites excluding steroid dienone is 2. The van der Waals surface area contributed by atoms with Crippen molar-refractivity contribution < 1.29 is 21.3 Å². The van der Waals surface area contributed by atoms with Gasteiger partial charge >= 0.3 is 211 Å². The van der Waals surface area contributed by atoms with E-state index < -0.39 is 21.3 Å². The van der Waals surface area contributed by atoms with Crippen LogP contribution in [-0.4, -0.2) is 4.21 Å². The van der Waals surface area contributed by atoms with E-state index in [0.717, 1.165) is 0 Å². The number of hydrogen-bond donors (Lipinski definition) is 0. The first-order valence-corrected chi connectivity index (χ1v) is 16.6. The molecule has 0 saturated carbocycles. The normalized spacial score (nSPS) is 18.2. The van der Waals surface area contributed by atoms with E-state index in [-0.39, 0.29) is 0 Å². The molecule has 2 unspecified atom stereocenters. The molecule has 2 atom stereocenters. The van der Waals surface area contributed by atoms with Gasteiger partial charge in [-0.25, -0.2) is 0 Å². The Bertz CT molecular complexity index is 1360. The predicted octanol–water partition coefficient (Wildman–Crippen LogP) is 8.69. The minimum atomic E-state index is -2.24. The fourth-order valence-corrected chi connectivity index (χ4v) is 13.3. The van der Waals surface area contributed by atoms with Crippen molar-refractivity contribution in [2.45, 2.75) is 21.1 Å². The van der Waals surface area contributed by atoms with Crippen molar-refractivity contribution in [3.63, 3.8) is 0 Å². The molecule has 0 saturated heterocycles. The van der Waals surface area contributed by atoms with Crippen LogP contribution < -0.4 is 0 Å². The van der Waals surface area contributed by atoms with Gasteiger partial charge in [-0.15, -0.1) is 0 Å². The van der Waals surface area contributed by atoms with Crippen LogP contribution in [0, 0.1) is 0 Å². The van der Waals surface area contributed by atoms with Gasteiger partial charge in [0.15, 0.2) is 0 Å². The van der Waals surface area contributed by atoms with E-state index in [1.54, 1.807) is 0 Å². The summed E-state index contributed by atoms with van der Waals surface area (Å²) < 4.78 is 6.05. The fourth-order valence-electron chi connectivity index (χ4n) is 5.99. The van der Waals surface area contributed by atoms with E-state index in [4.69, 9.17) is 4.21 Å². The van der Waals surface area contributed by atoms with Gasteiger partial charge in [-0.05, 0) is 0 Å². The Morgan fingerprint density at radius 2 is 0.941 bits per heavy atom. The van der Waals surface area contributed by atoms with Crippen LogP contribution in [0.5, 0.6) is 0 Å². The molecular weight excluding hydrogens is 488 g/mol. The van der Waals surface area contributed by atoms with Crippen LogP contribution >= 0.6 is 0 Å². The van der Waals surface area contributed by atoms with Gasteiger partial charge < -0.3 is 0 Å². The van der Waals surface area contributed by atoms with Crippen molar-refractivity contribution in [2.75, 3.05) is 0 Å². The van der Waals surface area contributed by atoms with Crippen LogP contribution in [0.15, 0.2) is 108 Å². The number of benzene rings is 4. The van der Waals surface area contributed by atoms with Crippen molar-refractivity contribution in [1.29, 1.82) is 0 Å². The molecule has 0 aromatic heterocycles. The monoisotopic (exact) mass is 514 g/mol. The molecule has 4 aromatic rings. The molecular formula is C33H28Zr. The van der Waals surface area contributed by atoms with Crippen molar-refractivity contribution in [3.05, 3.63) is 130 Å². The molecule has 0 nitrogen and oxygen atoms in total. The van der Waals surface area contributed by atoms with Crippen LogP contribution in [0.25, 0.3) is 34.4 Å². The summed E-state index contributed by atoms with van der Waals surface area (Å²) in [6.45, 7) is 4.67. The molecule has 0 spiro atoms. The van der Waals surface area contributed by atoms with Gasteiger partial charge in [0.1, 0.15) is 0 Å². The average molecular weight is 516 g/mol. The van der Waals surface area contributed by atoms with Crippen LogP contribution in [0.1, 0.15) is 43.4 Å². The first-order chi connectivity index (χ1) is 16.6. The SMILES string of the molecule is [CH2]=[Zr]([CH]1C(C)=Cc2c(-c3ccccc3)cccc21)[CH]1C(C)=Cc2c(-c3ccccc3)cccc21. The van der Waals surface area contributed by atoms with Gasteiger partial charge in [0.2, 0.25) is 0 Å². The molecule has 164 valence electrons. The van der Waals surface area contributed by atoms with E-state index in [0.29, 0.717) is 7.25 Å². The third-order valence-corrected chi connectivity index (χ3v) is 14.9. The number of rotatable bonds is 4. The second-order valence-corrected chi connectivity index (χ2v) is 15.2. The summed E-state index contributed by atoms with van der Waals surface area (Å²) >= 11 is -2.24. The van der Waals surface area contributed by atoms with Gasteiger partial charge in [-0.2, -0.15) is 0 Å². The molecule has 4 aromatic carbocycles. The fraction of sp³-hybridized carbons (Fsp3) is 0.121. The Morgan fingerprint density at radius 1 is 0.529 bits per heavy atom. The molecule has 0 fully saturated rings. The van der Waals surface area contributed by atoms with Crippen LogP contribution in [0.4, 0.5) is 0 Å². The summed E-state index contributed by atoms with van der Waals surface area (Å²) in [5.74, 6) is 0. The van der Waals surface area contributed by atoms with E-state index in [2.05, 4.69) is 123 Å². The van der Waals surface area contributed by atoms with Crippen molar-refractivity contribution in [1.82, 2.24) is 0 Å². The predicted molar refractivity (Wildman–Crippen MR) is 144 cm³/mol. The molecule has 0 bridgehead atoms. The van der Waals surface area contributed by atoms with Gasteiger partial charge in [0.25, 0.3) is 0 Å². The summed E-state index contributed by atoms with van der Waals surface area (Å²) in [6.07, 6.45) is 4.90. The van der Waals surface area contributed by atoms with Crippen LogP contribution in [-0.2, 0) is 21.3 Å². The summed E-state index contributed by atoms with van der Waals surface area (Å²) in [5, 5.41) is 0. The van der Waals surface area contributed by atoms with E-state index in [9.17, 15) is 0 Å². The quantitative estimate of drug-likeness (QED) is 0.255. The second-order valence-electron chi connectivity index (χ2n) is 9.57. The third-order valence-electron chi connectivity index (χ3n) is 7.47. The summed E-state index contributed by atoms with van der Waals surface area (Å²) in [6, 6.07) is 35.4. The average Bonchev–Trinajstić information content (AvgIpc) is 3.39. The van der Waals surface area contributed by atoms with E-state index >= 15 is 0 Å². The maximum absolute atomic E-state index is 5.02. The molecule has 0 aliphatic heterocycles. The standard InChI is InChI=1S/2C16H13.CH2.Zr/c2*1-12-10-14-8-5-9-15(16(14)11-12)13-6-3-2-4-7-13;;/h2*2-11H,1H3;1H2;. The van der Waals surface area contributed by atoms with Gasteiger partial charge in [-0.1, -0.05) is 0 Å². The Kier molecular flexibility index (Phi) is 5.55. The second kappa shape index (κ2) is 8.72. The molecule has 6 rings (SSSR count). The molecule has 0 amide bonds. The Balaban J connectivity index is 1.42. The van der Waals surface area contributed by atoms with Crippen LogP contribution in [0.2, 0.25) is 0 Å². The van der Waals surface area contributed by atoms with E-state index in [1.165, 1.54) is 55.7 Å². The number of hydrogen-bond acceptors (Lipinski definition) is 0. The van der Waals surface area contributed by atoms with Crippen molar-refractivity contribution >= 4 is 16.4 Å². The first-order valence-electron chi connectivity index (χ1n) is 12.0. The molecule has 0 heterocycles. The molecule has 2 aliphatic rings. The Morgan fingerprint density at radius 3 is 1.35 bits per heavy atom. The summed E-state index contributed by atoms with van der Waals surface area (Å²) in [5.41, 5.74) is 14.1. The van der Waals surface area contributed by atoms with Crippen LogP contribution in [0.3, 0.4) is 0 Å². The van der Waals surface area contributed by atoms with Crippen molar-refractivity contribution in [2.24, 2.45) is 0 Å². The van der Waals surface area contributed by atoms with Gasteiger partial charge in [0.05, 0.1) is 0 Å². The minimum absolute atomic E-state index is 0.515. The van der Waals surface area contributed by atoms with E-state index in [1.807, 2.05) is 0 Å². The topological polar surface area (TPSA) is 0 Å². The zero-order valence-corrected chi connectivity index (χ0v) is 22.2. The summed E-state index contributed by atoms with van der Waals surface area (Å²) in [4.78, 5) is 0. The molecule has 0 N–H and O–H groups in total. The zero-order chi connectivity index (χ0) is 23.2. The molecule has 1 heteroatoms. The maximum atomic E-state index is 5.02. The first kappa shape index (κ1) is 21.6. The third kappa shape index (κ3) is 3.50. The Hall–Kier alpha value is -2.89. The zero-order valence-electron chi connectivity index (χ0n) is 19.8. The molecule has 0 radical (unpaired) electrons. The van der Waals surface area contributed by atoms with Gasteiger partial charge in [-0.3, -0.25) is 0 Å². The van der Waals surface area contributed by atoms with Crippen molar-refractivity contribution in [3.8, 4) is 22.3 Å². The molecule has 34 heavy (non-hydrogen) atoms. The summed E-state index contributed by atoms with van der Waals surface area (Å²) in [7, 11) is 0. The molecule has 2 aliphatic carbocycles.